The first-order valence-electron chi connectivity index (χ1n) is 11.7. The third kappa shape index (κ3) is 4.32. The zero-order chi connectivity index (χ0) is 22.6. The van der Waals surface area contributed by atoms with Gasteiger partial charge in [0.2, 0.25) is 0 Å². The molecule has 2 aromatic carbocycles. The van der Waals surface area contributed by atoms with E-state index in [9.17, 15) is 0 Å². The van der Waals surface area contributed by atoms with E-state index in [-0.39, 0.29) is 24.8 Å². The van der Waals surface area contributed by atoms with Gasteiger partial charge in [-0.2, -0.15) is 0 Å². The second-order valence-corrected chi connectivity index (χ2v) is 15.9. The van der Waals surface area contributed by atoms with Crippen molar-refractivity contribution < 1.29 is 54.0 Å². The number of furan rings is 1. The largest absolute Gasteiger partial charge is 1.00 e. The Hall–Kier alpha value is -1.12. The second-order valence-electron chi connectivity index (χ2n) is 9.99. The Labute approximate surface area is 232 Å². The molecule has 5 heteroatoms. The van der Waals surface area contributed by atoms with Crippen molar-refractivity contribution in [3.8, 4) is 11.1 Å². The third-order valence-corrected chi connectivity index (χ3v) is 13.5. The summed E-state index contributed by atoms with van der Waals surface area (Å²) in [6.07, 6.45) is 6.59. The van der Waals surface area contributed by atoms with E-state index < -0.39 is 8.07 Å². The van der Waals surface area contributed by atoms with Crippen molar-refractivity contribution in [3.63, 3.8) is 0 Å². The fourth-order valence-electron chi connectivity index (χ4n) is 6.05. The number of rotatable bonds is 3. The van der Waals surface area contributed by atoms with Gasteiger partial charge in [-0.05, 0) is 18.2 Å². The van der Waals surface area contributed by atoms with Crippen molar-refractivity contribution in [1.82, 2.24) is 0 Å². The van der Waals surface area contributed by atoms with Gasteiger partial charge in [0.1, 0.15) is 5.76 Å². The fourth-order valence-corrected chi connectivity index (χ4v) is 11.1. The van der Waals surface area contributed by atoms with Gasteiger partial charge in [-0.1, -0.05) is 18.7 Å². The van der Waals surface area contributed by atoms with Gasteiger partial charge < -0.3 is 29.2 Å². The van der Waals surface area contributed by atoms with E-state index >= 15 is 0 Å². The number of fused-ring (bicyclic) bond motifs is 1. The van der Waals surface area contributed by atoms with Crippen LogP contribution >= 0.6 is 0 Å². The number of halogens is 2. The molecule has 2 unspecified atom stereocenters. The van der Waals surface area contributed by atoms with E-state index in [4.69, 9.17) is 4.42 Å². The van der Waals surface area contributed by atoms with E-state index in [2.05, 4.69) is 88.5 Å². The minimum absolute atomic E-state index is 0. The molecule has 0 saturated carbocycles. The van der Waals surface area contributed by atoms with Gasteiger partial charge >= 0.3 is 137 Å². The quantitative estimate of drug-likeness (QED) is 0.430. The Bertz CT molecular complexity index is 1250. The van der Waals surface area contributed by atoms with E-state index in [1.54, 1.807) is 35.5 Å². The maximum absolute atomic E-state index is 5.51. The summed E-state index contributed by atoms with van der Waals surface area (Å²) >= 11 is 1.59. The molecule has 0 N–H and O–H groups in total. The van der Waals surface area contributed by atoms with Crippen LogP contribution in [0.15, 0.2) is 70.4 Å². The van der Waals surface area contributed by atoms with Crippen LogP contribution < -0.4 is 24.8 Å². The minimum atomic E-state index is -1.08. The molecule has 2 bridgehead atoms. The van der Waals surface area contributed by atoms with Crippen molar-refractivity contribution in [1.29, 1.82) is 0 Å². The molecular formula is C29H31Cl2OSiZr. The molecule has 1 aromatic heterocycles. The van der Waals surface area contributed by atoms with Crippen LogP contribution in [-0.2, 0) is 31.1 Å². The topological polar surface area (TPSA) is 13.1 Å². The normalized spacial score (nSPS) is 20.1. The number of allylic oxidation sites excluding steroid dienone is 2. The van der Waals surface area contributed by atoms with Gasteiger partial charge in [0.25, 0.3) is 0 Å². The molecule has 0 spiro atoms. The summed E-state index contributed by atoms with van der Waals surface area (Å²) in [6, 6.07) is 18.0. The van der Waals surface area contributed by atoms with E-state index in [0.29, 0.717) is 3.63 Å². The Morgan fingerprint density at radius 3 is 2.26 bits per heavy atom. The summed E-state index contributed by atoms with van der Waals surface area (Å²) in [4.78, 5) is 0. The molecule has 0 fully saturated rings. The standard InChI is InChI=1S/C19H19.C10H12OSi.2ClH.Zr/c1-3-5-15-8-10-16(11-9-15)18-7-4-6-17-12-14(2)13-19(17)18;1-6-9-7-4-5-11-8(7)10(6)12(9,2)3;;;/h4,6-13H,3,5H2,1-2H3;4-5,9H,1-3H3;2*1H;/q;;;;+2/p-2. The molecule has 4 aliphatic rings. The zero-order valence-electron chi connectivity index (χ0n) is 20.5. The van der Waals surface area contributed by atoms with Gasteiger partial charge in [0, 0.05) is 11.1 Å². The maximum Gasteiger partial charge on any atom is -1.00 e. The van der Waals surface area contributed by atoms with Crippen molar-refractivity contribution >= 4 is 19.3 Å². The van der Waals surface area contributed by atoms with Gasteiger partial charge in [0.15, 0.2) is 0 Å². The van der Waals surface area contributed by atoms with E-state index in [0.717, 1.165) is 5.54 Å². The molecule has 175 valence electrons. The van der Waals surface area contributed by atoms with Crippen molar-refractivity contribution in [2.45, 2.75) is 55.9 Å². The summed E-state index contributed by atoms with van der Waals surface area (Å²) < 4.78 is 6.16. The molecule has 2 atom stereocenters. The Morgan fingerprint density at radius 1 is 0.941 bits per heavy atom. The van der Waals surface area contributed by atoms with Crippen molar-refractivity contribution in [2.24, 2.45) is 0 Å². The van der Waals surface area contributed by atoms with Crippen molar-refractivity contribution in [3.05, 3.63) is 94.0 Å². The SMILES string of the molecule is CC1=C2c3occc3C1[Si]2(C)C.CCCc1ccc(-c2cccc3c2C=C(C)[CH]3[Zr+2])cc1.[Cl-].[Cl-]. The van der Waals surface area contributed by atoms with Gasteiger partial charge in [-0.15, -0.1) is 0 Å². The van der Waals surface area contributed by atoms with Crippen LogP contribution in [0.5, 0.6) is 0 Å². The summed E-state index contributed by atoms with van der Waals surface area (Å²) in [6.45, 7) is 11.6. The first-order chi connectivity index (χ1) is 15.3. The summed E-state index contributed by atoms with van der Waals surface area (Å²) in [5.41, 5.74) is 12.5. The van der Waals surface area contributed by atoms with E-state index in [1.807, 2.05) is 6.26 Å². The monoisotopic (exact) mass is 583 g/mol. The number of benzene rings is 2. The smallest absolute Gasteiger partial charge is 1.00 e. The van der Waals surface area contributed by atoms with Gasteiger partial charge in [-0.3, -0.25) is 0 Å². The van der Waals surface area contributed by atoms with E-state index in [1.165, 1.54) is 57.6 Å². The summed E-state index contributed by atoms with van der Waals surface area (Å²) in [5.74, 6) is 1.22. The molecule has 7 rings (SSSR count). The first-order valence-corrected chi connectivity index (χ1v) is 16.2. The molecule has 2 aliphatic heterocycles. The Balaban J connectivity index is 0.000000199. The molecule has 1 nitrogen and oxygen atoms in total. The second kappa shape index (κ2) is 10.5. The molecule has 2 aliphatic carbocycles. The molecule has 0 radical (unpaired) electrons. The minimum Gasteiger partial charge on any atom is -1.00 e. The summed E-state index contributed by atoms with van der Waals surface area (Å²) in [5, 5.41) is 1.59. The molecule has 34 heavy (non-hydrogen) atoms. The first kappa shape index (κ1) is 27.5. The molecule has 3 heterocycles. The average molecular weight is 586 g/mol. The molecular weight excluding hydrogens is 555 g/mol. The van der Waals surface area contributed by atoms with Gasteiger partial charge in [-0.25, -0.2) is 0 Å². The van der Waals surface area contributed by atoms with Crippen LogP contribution in [0.1, 0.15) is 64.4 Å². The van der Waals surface area contributed by atoms with Crippen LogP contribution in [0.25, 0.3) is 22.4 Å². The molecule has 0 saturated heterocycles. The van der Waals surface area contributed by atoms with Crippen LogP contribution in [0.3, 0.4) is 0 Å². The Morgan fingerprint density at radius 2 is 1.65 bits per heavy atom. The number of aryl methyl sites for hydroxylation is 1. The van der Waals surface area contributed by atoms with Gasteiger partial charge in [0.05, 0.1) is 14.3 Å². The predicted octanol–water partition coefficient (Wildman–Crippen LogP) is 2.27. The van der Waals surface area contributed by atoms with Crippen LogP contribution in [0.2, 0.25) is 13.1 Å². The molecule has 0 amide bonds. The number of hydrogen-bond donors (Lipinski definition) is 0. The zero-order valence-corrected chi connectivity index (χ0v) is 25.5. The van der Waals surface area contributed by atoms with Crippen LogP contribution in [0, 0.1) is 0 Å². The summed E-state index contributed by atoms with van der Waals surface area (Å²) in [7, 11) is -1.08. The number of hydrogen-bond acceptors (Lipinski definition) is 1. The van der Waals surface area contributed by atoms with Crippen LogP contribution in [-0.4, -0.2) is 8.07 Å². The Kier molecular flexibility index (Phi) is 8.46. The average Bonchev–Trinajstić information content (AvgIpc) is 3.46. The maximum atomic E-state index is 5.51. The van der Waals surface area contributed by atoms with Crippen molar-refractivity contribution in [2.75, 3.05) is 0 Å². The fraction of sp³-hybridized carbons (Fsp3) is 0.310. The predicted molar refractivity (Wildman–Crippen MR) is 134 cm³/mol. The molecule has 3 aromatic rings. The van der Waals surface area contributed by atoms with Crippen LogP contribution in [0.4, 0.5) is 0 Å². The third-order valence-electron chi connectivity index (χ3n) is 7.51.